The van der Waals surface area contributed by atoms with Crippen LogP contribution in [0.3, 0.4) is 0 Å². The molecule has 6 heteroatoms. The molecule has 0 saturated heterocycles. The van der Waals surface area contributed by atoms with Gasteiger partial charge in [-0.2, -0.15) is 9.61 Å². The fraction of sp³-hybridized carbons (Fsp3) is 0. The molecule has 0 fully saturated rings. The highest BCUT2D eigenvalue weighted by molar-refractivity contribution is 6.31. The van der Waals surface area contributed by atoms with Gasteiger partial charge in [-0.3, -0.25) is 0 Å². The SMILES string of the molecule is Clc1ccc2nc3cnn4cnnc4c3c(-c3ccccc3)c2c1. The predicted molar refractivity (Wildman–Crippen MR) is 94.0 cm³/mol. The number of rotatable bonds is 1. The number of fused-ring (bicyclic) bond motifs is 4. The van der Waals surface area contributed by atoms with Crippen molar-refractivity contribution in [3.8, 4) is 11.1 Å². The van der Waals surface area contributed by atoms with E-state index in [0.29, 0.717) is 10.7 Å². The van der Waals surface area contributed by atoms with Crippen molar-refractivity contribution >= 4 is 39.1 Å². The summed E-state index contributed by atoms with van der Waals surface area (Å²) in [4.78, 5) is 4.73. The number of benzene rings is 2. The lowest BCUT2D eigenvalue weighted by Gasteiger charge is -2.11. The smallest absolute Gasteiger partial charge is 0.187 e. The maximum Gasteiger partial charge on any atom is 0.187 e. The zero-order chi connectivity index (χ0) is 16.1. The van der Waals surface area contributed by atoms with Gasteiger partial charge in [-0.25, -0.2) is 4.98 Å². The largest absolute Gasteiger partial charge is 0.246 e. The van der Waals surface area contributed by atoms with Crippen LogP contribution in [0.25, 0.3) is 38.6 Å². The molecule has 0 aliphatic heterocycles. The van der Waals surface area contributed by atoms with Gasteiger partial charge in [-0.1, -0.05) is 41.9 Å². The molecular formula is C18H10ClN5. The van der Waals surface area contributed by atoms with Gasteiger partial charge in [-0.15, -0.1) is 10.2 Å². The van der Waals surface area contributed by atoms with Crippen molar-refractivity contribution in [1.82, 2.24) is 24.8 Å². The van der Waals surface area contributed by atoms with Gasteiger partial charge in [0.2, 0.25) is 0 Å². The summed E-state index contributed by atoms with van der Waals surface area (Å²) in [6, 6.07) is 15.9. The summed E-state index contributed by atoms with van der Waals surface area (Å²) < 4.78 is 1.66. The molecule has 114 valence electrons. The van der Waals surface area contributed by atoms with Gasteiger partial charge in [0.1, 0.15) is 6.33 Å². The zero-order valence-electron chi connectivity index (χ0n) is 12.4. The van der Waals surface area contributed by atoms with Crippen LogP contribution < -0.4 is 0 Å². The van der Waals surface area contributed by atoms with Gasteiger partial charge in [0.15, 0.2) is 5.65 Å². The standard InChI is InChI=1S/C18H10ClN5/c19-12-6-7-14-13(8-12)16(11-4-2-1-3-5-11)17-15(22-14)9-21-24-10-20-23-18(17)24/h1-10H. The van der Waals surface area contributed by atoms with Crippen LogP contribution in [-0.2, 0) is 0 Å². The minimum atomic E-state index is 0.673. The third kappa shape index (κ3) is 1.88. The second-order valence-corrected chi connectivity index (χ2v) is 5.95. The van der Waals surface area contributed by atoms with Crippen molar-refractivity contribution < 1.29 is 0 Å². The average molecular weight is 332 g/mol. The van der Waals surface area contributed by atoms with Crippen LogP contribution in [-0.4, -0.2) is 24.8 Å². The van der Waals surface area contributed by atoms with Crippen LogP contribution >= 0.6 is 11.6 Å². The van der Waals surface area contributed by atoms with E-state index in [0.717, 1.165) is 32.9 Å². The van der Waals surface area contributed by atoms with E-state index in [4.69, 9.17) is 16.6 Å². The molecule has 0 bridgehead atoms. The minimum Gasteiger partial charge on any atom is -0.246 e. The van der Waals surface area contributed by atoms with E-state index in [1.807, 2.05) is 36.4 Å². The number of nitrogens with zero attached hydrogens (tertiary/aromatic N) is 5. The van der Waals surface area contributed by atoms with Gasteiger partial charge in [-0.05, 0) is 23.8 Å². The second-order valence-electron chi connectivity index (χ2n) is 5.52. The third-order valence-electron chi connectivity index (χ3n) is 4.10. The van der Waals surface area contributed by atoms with Gasteiger partial charge in [0, 0.05) is 16.0 Å². The molecule has 0 atom stereocenters. The zero-order valence-corrected chi connectivity index (χ0v) is 13.1. The Hall–Kier alpha value is -3.05. The van der Waals surface area contributed by atoms with Crippen LogP contribution in [0, 0.1) is 0 Å². The Morgan fingerprint density at radius 2 is 1.83 bits per heavy atom. The molecule has 0 aliphatic rings. The fourth-order valence-electron chi connectivity index (χ4n) is 3.07. The van der Waals surface area contributed by atoms with Crippen molar-refractivity contribution in [2.45, 2.75) is 0 Å². The summed E-state index contributed by atoms with van der Waals surface area (Å²) in [6.07, 6.45) is 3.33. The topological polar surface area (TPSA) is 56.0 Å². The van der Waals surface area contributed by atoms with Crippen molar-refractivity contribution in [1.29, 1.82) is 0 Å². The number of aromatic nitrogens is 5. The van der Waals surface area contributed by atoms with Crippen molar-refractivity contribution in [2.75, 3.05) is 0 Å². The molecule has 5 rings (SSSR count). The molecule has 24 heavy (non-hydrogen) atoms. The summed E-state index contributed by atoms with van der Waals surface area (Å²) in [7, 11) is 0. The van der Waals surface area contributed by atoms with E-state index in [2.05, 4.69) is 27.4 Å². The number of halogens is 1. The van der Waals surface area contributed by atoms with Crippen LogP contribution in [0.4, 0.5) is 0 Å². The van der Waals surface area contributed by atoms with Crippen LogP contribution in [0.2, 0.25) is 5.02 Å². The fourth-order valence-corrected chi connectivity index (χ4v) is 3.25. The minimum absolute atomic E-state index is 0.673. The lowest BCUT2D eigenvalue weighted by atomic mass is 9.97. The normalized spacial score (nSPS) is 11.5. The number of hydrogen-bond acceptors (Lipinski definition) is 4. The predicted octanol–water partition coefficient (Wildman–Crippen LogP) is 4.15. The molecule has 0 spiro atoms. The molecule has 2 aromatic carbocycles. The molecule has 3 aromatic heterocycles. The number of hydrogen-bond donors (Lipinski definition) is 0. The Morgan fingerprint density at radius 3 is 2.71 bits per heavy atom. The first-order valence-electron chi connectivity index (χ1n) is 7.45. The Labute approximate surface area is 141 Å². The van der Waals surface area contributed by atoms with E-state index in [1.54, 1.807) is 17.0 Å². The number of pyridine rings is 1. The van der Waals surface area contributed by atoms with E-state index in [-0.39, 0.29) is 0 Å². The molecule has 0 unspecified atom stereocenters. The Bertz CT molecular complexity index is 1210. The summed E-state index contributed by atoms with van der Waals surface area (Å²) >= 11 is 6.25. The Morgan fingerprint density at radius 1 is 0.958 bits per heavy atom. The first kappa shape index (κ1) is 13.4. The molecule has 5 nitrogen and oxygen atoms in total. The lowest BCUT2D eigenvalue weighted by Crippen LogP contribution is -1.96. The lowest BCUT2D eigenvalue weighted by molar-refractivity contribution is 0.934. The molecule has 0 aliphatic carbocycles. The molecule has 0 saturated carbocycles. The molecular weight excluding hydrogens is 322 g/mol. The van der Waals surface area contributed by atoms with E-state index < -0.39 is 0 Å². The average Bonchev–Trinajstić information content (AvgIpc) is 3.09. The maximum atomic E-state index is 6.25. The van der Waals surface area contributed by atoms with E-state index in [1.165, 1.54) is 0 Å². The van der Waals surface area contributed by atoms with Crippen molar-refractivity contribution in [2.24, 2.45) is 0 Å². The van der Waals surface area contributed by atoms with Gasteiger partial charge >= 0.3 is 0 Å². The third-order valence-corrected chi connectivity index (χ3v) is 4.33. The molecule has 5 aromatic rings. The molecule has 0 amide bonds. The monoisotopic (exact) mass is 331 g/mol. The highest BCUT2D eigenvalue weighted by Gasteiger charge is 2.16. The molecule has 3 heterocycles. The van der Waals surface area contributed by atoms with Crippen LogP contribution in [0.15, 0.2) is 61.1 Å². The second kappa shape index (κ2) is 4.97. The highest BCUT2D eigenvalue weighted by Crippen LogP contribution is 2.36. The van der Waals surface area contributed by atoms with E-state index >= 15 is 0 Å². The Kier molecular flexibility index (Phi) is 2.78. The first-order valence-corrected chi connectivity index (χ1v) is 7.82. The summed E-state index contributed by atoms with van der Waals surface area (Å²) in [6.45, 7) is 0. The molecule has 0 N–H and O–H groups in total. The summed E-state index contributed by atoms with van der Waals surface area (Å²) in [5, 5.41) is 15.1. The van der Waals surface area contributed by atoms with Gasteiger partial charge in [0.25, 0.3) is 0 Å². The van der Waals surface area contributed by atoms with E-state index in [9.17, 15) is 0 Å². The molecule has 0 radical (unpaired) electrons. The quantitative estimate of drug-likeness (QED) is 0.433. The highest BCUT2D eigenvalue weighted by atomic mass is 35.5. The first-order chi connectivity index (χ1) is 11.8. The van der Waals surface area contributed by atoms with Crippen molar-refractivity contribution in [3.63, 3.8) is 0 Å². The Balaban J connectivity index is 2.10. The van der Waals surface area contributed by atoms with Crippen molar-refractivity contribution in [3.05, 3.63) is 66.1 Å². The summed E-state index contributed by atoms with van der Waals surface area (Å²) in [5.41, 5.74) is 4.45. The maximum absolute atomic E-state index is 6.25. The summed E-state index contributed by atoms with van der Waals surface area (Å²) in [5.74, 6) is 0. The van der Waals surface area contributed by atoms with Crippen LogP contribution in [0.1, 0.15) is 0 Å². The van der Waals surface area contributed by atoms with Gasteiger partial charge in [0.05, 0.1) is 22.6 Å². The van der Waals surface area contributed by atoms with Crippen LogP contribution in [0.5, 0.6) is 0 Å². The van der Waals surface area contributed by atoms with Gasteiger partial charge < -0.3 is 0 Å².